The van der Waals surface area contributed by atoms with Crippen molar-refractivity contribution in [3.8, 4) is 0 Å². The lowest BCUT2D eigenvalue weighted by atomic mass is 10.2. The Morgan fingerprint density at radius 3 is 2.00 bits per heavy atom. The number of nitrogens with zero attached hydrogens (tertiary/aromatic N) is 1. The minimum Gasteiger partial charge on any atom is -0.399 e. The molecule has 19 heavy (non-hydrogen) atoms. The number of rotatable bonds is 5. The van der Waals surface area contributed by atoms with Crippen molar-refractivity contribution in [1.82, 2.24) is 4.31 Å². The summed E-state index contributed by atoms with van der Waals surface area (Å²) >= 11 is 12.0. The Balaban J connectivity index is 3.36. The SMILES string of the molecule is CCC(CC)N(C)S(=O)(=O)c1c(Cl)cc(N)cc1Cl. The molecule has 0 fully saturated rings. The molecule has 0 aliphatic carbocycles. The summed E-state index contributed by atoms with van der Waals surface area (Å²) in [4.78, 5) is -0.0839. The maximum Gasteiger partial charge on any atom is 0.246 e. The molecule has 0 atom stereocenters. The molecule has 0 radical (unpaired) electrons. The van der Waals surface area contributed by atoms with Gasteiger partial charge in [0.15, 0.2) is 0 Å². The van der Waals surface area contributed by atoms with E-state index in [0.717, 1.165) is 12.8 Å². The number of benzene rings is 1. The van der Waals surface area contributed by atoms with Crippen LogP contribution in [0.1, 0.15) is 26.7 Å². The van der Waals surface area contributed by atoms with E-state index in [1.54, 1.807) is 0 Å². The van der Waals surface area contributed by atoms with Gasteiger partial charge in [0.25, 0.3) is 0 Å². The van der Waals surface area contributed by atoms with Gasteiger partial charge in [0.2, 0.25) is 10.0 Å². The molecule has 0 amide bonds. The summed E-state index contributed by atoms with van der Waals surface area (Å²) in [5.74, 6) is 0. The number of hydrogen-bond donors (Lipinski definition) is 1. The molecule has 0 aliphatic rings. The largest absolute Gasteiger partial charge is 0.399 e. The summed E-state index contributed by atoms with van der Waals surface area (Å²) in [5, 5.41) is 0.0885. The Kier molecular flexibility index (Phi) is 5.50. The second-order valence-electron chi connectivity index (χ2n) is 4.31. The summed E-state index contributed by atoms with van der Waals surface area (Å²) in [6.07, 6.45) is 1.44. The highest BCUT2D eigenvalue weighted by Crippen LogP contribution is 2.34. The molecule has 1 aromatic rings. The molecule has 0 heterocycles. The van der Waals surface area contributed by atoms with Gasteiger partial charge in [0.05, 0.1) is 10.0 Å². The van der Waals surface area contributed by atoms with E-state index >= 15 is 0 Å². The van der Waals surface area contributed by atoms with Crippen LogP contribution in [0.4, 0.5) is 5.69 Å². The molecule has 0 aromatic heterocycles. The zero-order chi connectivity index (χ0) is 14.8. The van der Waals surface area contributed by atoms with E-state index in [2.05, 4.69) is 0 Å². The van der Waals surface area contributed by atoms with Crippen LogP contribution in [-0.2, 0) is 10.0 Å². The molecule has 0 saturated carbocycles. The van der Waals surface area contributed by atoms with Gasteiger partial charge in [-0.25, -0.2) is 8.42 Å². The highest BCUT2D eigenvalue weighted by Gasteiger charge is 2.30. The van der Waals surface area contributed by atoms with Crippen LogP contribution in [-0.4, -0.2) is 25.8 Å². The Labute approximate surface area is 124 Å². The lowest BCUT2D eigenvalue weighted by molar-refractivity contribution is 0.350. The number of anilines is 1. The highest BCUT2D eigenvalue weighted by atomic mass is 35.5. The first-order valence-corrected chi connectivity index (χ1v) is 8.17. The van der Waals surface area contributed by atoms with Gasteiger partial charge in [-0.05, 0) is 25.0 Å². The van der Waals surface area contributed by atoms with Crippen molar-refractivity contribution in [2.75, 3.05) is 12.8 Å². The maximum absolute atomic E-state index is 12.6. The molecule has 4 nitrogen and oxygen atoms in total. The molecule has 1 aromatic carbocycles. The van der Waals surface area contributed by atoms with Crippen LogP contribution in [0, 0.1) is 0 Å². The van der Waals surface area contributed by atoms with E-state index in [9.17, 15) is 8.42 Å². The van der Waals surface area contributed by atoms with Gasteiger partial charge in [-0.1, -0.05) is 37.0 Å². The van der Waals surface area contributed by atoms with E-state index in [0.29, 0.717) is 5.69 Å². The maximum atomic E-state index is 12.6. The lowest BCUT2D eigenvalue weighted by Gasteiger charge is -2.26. The third-order valence-corrected chi connectivity index (χ3v) is 5.95. The number of hydrogen-bond acceptors (Lipinski definition) is 3. The average Bonchev–Trinajstić information content (AvgIpc) is 2.28. The van der Waals surface area contributed by atoms with Crippen molar-refractivity contribution < 1.29 is 8.42 Å². The minimum atomic E-state index is -3.73. The normalized spacial score (nSPS) is 12.4. The van der Waals surface area contributed by atoms with Crippen LogP contribution in [0.25, 0.3) is 0 Å². The summed E-state index contributed by atoms with van der Waals surface area (Å²) in [5.41, 5.74) is 5.92. The molecule has 1 rings (SSSR count). The zero-order valence-corrected chi connectivity index (χ0v) is 13.5. The molecule has 0 unspecified atom stereocenters. The zero-order valence-electron chi connectivity index (χ0n) is 11.2. The standard InChI is InChI=1S/C12H18Cl2N2O2S/c1-4-9(5-2)16(3)19(17,18)12-10(13)6-8(15)7-11(12)14/h6-7,9H,4-5,15H2,1-3H3. The van der Waals surface area contributed by atoms with Crippen LogP contribution in [0.15, 0.2) is 17.0 Å². The van der Waals surface area contributed by atoms with Crippen molar-refractivity contribution in [2.24, 2.45) is 0 Å². The second kappa shape index (κ2) is 6.31. The molecule has 0 bridgehead atoms. The number of sulfonamides is 1. The highest BCUT2D eigenvalue weighted by molar-refractivity contribution is 7.89. The molecular weight excluding hydrogens is 307 g/mol. The third-order valence-electron chi connectivity index (χ3n) is 3.11. The summed E-state index contributed by atoms with van der Waals surface area (Å²) in [6.45, 7) is 3.87. The van der Waals surface area contributed by atoms with E-state index in [1.165, 1.54) is 23.5 Å². The second-order valence-corrected chi connectivity index (χ2v) is 7.05. The van der Waals surface area contributed by atoms with Crippen LogP contribution < -0.4 is 5.73 Å². The first-order chi connectivity index (χ1) is 8.75. The number of nitrogens with two attached hydrogens (primary N) is 1. The predicted octanol–water partition coefficient (Wildman–Crippen LogP) is 3.38. The topological polar surface area (TPSA) is 63.4 Å². The summed E-state index contributed by atoms with van der Waals surface area (Å²) < 4.78 is 26.4. The van der Waals surface area contributed by atoms with Gasteiger partial charge in [0.1, 0.15) is 4.90 Å². The predicted molar refractivity (Wildman–Crippen MR) is 80.2 cm³/mol. The van der Waals surface area contributed by atoms with Crippen LogP contribution >= 0.6 is 23.2 Å². The van der Waals surface area contributed by atoms with E-state index < -0.39 is 10.0 Å². The van der Waals surface area contributed by atoms with E-state index in [4.69, 9.17) is 28.9 Å². The smallest absolute Gasteiger partial charge is 0.246 e. The molecule has 108 valence electrons. The van der Waals surface area contributed by atoms with Gasteiger partial charge in [0, 0.05) is 18.8 Å². The Hall–Kier alpha value is -0.490. The number of halogens is 2. The van der Waals surface area contributed by atoms with Crippen LogP contribution in [0.5, 0.6) is 0 Å². The van der Waals surface area contributed by atoms with Gasteiger partial charge < -0.3 is 5.73 Å². The fourth-order valence-electron chi connectivity index (χ4n) is 1.97. The van der Waals surface area contributed by atoms with Crippen molar-refractivity contribution in [3.63, 3.8) is 0 Å². The van der Waals surface area contributed by atoms with Crippen molar-refractivity contribution in [2.45, 2.75) is 37.6 Å². The van der Waals surface area contributed by atoms with Crippen molar-refractivity contribution in [3.05, 3.63) is 22.2 Å². The molecular formula is C12H18Cl2N2O2S. The Bertz CT molecular complexity index is 534. The molecule has 0 spiro atoms. The summed E-state index contributed by atoms with van der Waals surface area (Å²) in [7, 11) is -2.19. The first-order valence-electron chi connectivity index (χ1n) is 5.98. The minimum absolute atomic E-state index is 0.0443. The Morgan fingerprint density at radius 2 is 1.63 bits per heavy atom. The van der Waals surface area contributed by atoms with Gasteiger partial charge in [-0.3, -0.25) is 0 Å². The van der Waals surface area contributed by atoms with Crippen LogP contribution in [0.2, 0.25) is 10.0 Å². The van der Waals surface area contributed by atoms with Gasteiger partial charge in [-0.2, -0.15) is 4.31 Å². The molecule has 0 aliphatic heterocycles. The lowest BCUT2D eigenvalue weighted by Crippen LogP contribution is -2.36. The molecule has 0 saturated heterocycles. The van der Waals surface area contributed by atoms with Crippen LogP contribution in [0.3, 0.4) is 0 Å². The Morgan fingerprint density at radius 1 is 1.21 bits per heavy atom. The van der Waals surface area contributed by atoms with Gasteiger partial charge in [-0.15, -0.1) is 0 Å². The first kappa shape index (κ1) is 16.6. The molecule has 2 N–H and O–H groups in total. The fraction of sp³-hybridized carbons (Fsp3) is 0.500. The summed E-state index contributed by atoms with van der Waals surface area (Å²) in [6, 6.07) is 2.69. The van der Waals surface area contributed by atoms with E-state index in [1.807, 2.05) is 13.8 Å². The quantitative estimate of drug-likeness (QED) is 0.844. The fourth-order valence-corrected chi connectivity index (χ4v) is 4.65. The monoisotopic (exact) mass is 324 g/mol. The average molecular weight is 325 g/mol. The van der Waals surface area contributed by atoms with E-state index in [-0.39, 0.29) is 21.0 Å². The third kappa shape index (κ3) is 3.34. The van der Waals surface area contributed by atoms with Crippen molar-refractivity contribution in [1.29, 1.82) is 0 Å². The molecule has 7 heteroatoms. The van der Waals surface area contributed by atoms with Gasteiger partial charge >= 0.3 is 0 Å². The number of nitrogen functional groups attached to an aromatic ring is 1. The van der Waals surface area contributed by atoms with Crippen molar-refractivity contribution >= 4 is 38.9 Å².